The maximum absolute atomic E-state index is 12.9. The molecule has 0 aromatic heterocycles. The molecular formula is C18H19ClN2O4S2. The highest BCUT2D eigenvalue weighted by Crippen LogP contribution is 2.27. The first-order chi connectivity index (χ1) is 12.9. The Labute approximate surface area is 167 Å². The molecule has 1 aliphatic rings. The van der Waals surface area contributed by atoms with E-state index >= 15 is 0 Å². The van der Waals surface area contributed by atoms with Crippen LogP contribution in [0.3, 0.4) is 0 Å². The first-order valence-corrected chi connectivity index (χ1v) is 11.3. The van der Waals surface area contributed by atoms with Gasteiger partial charge in [0.05, 0.1) is 29.4 Å². The predicted molar refractivity (Wildman–Crippen MR) is 107 cm³/mol. The average Bonchev–Trinajstić information content (AvgIpc) is 2.67. The van der Waals surface area contributed by atoms with Crippen LogP contribution >= 0.6 is 23.4 Å². The van der Waals surface area contributed by atoms with Crippen molar-refractivity contribution in [1.29, 1.82) is 0 Å². The zero-order valence-corrected chi connectivity index (χ0v) is 17.0. The molecule has 2 aromatic rings. The van der Waals surface area contributed by atoms with Gasteiger partial charge in [0.25, 0.3) is 15.9 Å². The van der Waals surface area contributed by atoms with E-state index in [1.165, 1.54) is 30.0 Å². The van der Waals surface area contributed by atoms with Crippen LogP contribution in [0.1, 0.15) is 10.4 Å². The van der Waals surface area contributed by atoms with Crippen LogP contribution in [0.4, 0.5) is 5.69 Å². The molecule has 6 nitrogen and oxygen atoms in total. The summed E-state index contributed by atoms with van der Waals surface area (Å²) < 4.78 is 33.3. The van der Waals surface area contributed by atoms with Gasteiger partial charge in [0, 0.05) is 23.0 Å². The van der Waals surface area contributed by atoms with Crippen LogP contribution in [0.25, 0.3) is 0 Å². The van der Waals surface area contributed by atoms with Crippen molar-refractivity contribution < 1.29 is 17.9 Å². The molecule has 1 N–H and O–H groups in total. The van der Waals surface area contributed by atoms with Gasteiger partial charge in [0.15, 0.2) is 0 Å². The Kier molecular flexibility index (Phi) is 6.31. The number of thioether (sulfide) groups is 1. The quantitative estimate of drug-likeness (QED) is 0.742. The molecule has 144 valence electrons. The van der Waals surface area contributed by atoms with E-state index in [0.29, 0.717) is 42.6 Å². The van der Waals surface area contributed by atoms with Crippen LogP contribution < -0.4 is 4.72 Å². The van der Waals surface area contributed by atoms with E-state index in [2.05, 4.69) is 4.72 Å². The number of morpholine rings is 1. The number of halogens is 1. The third-order valence-electron chi connectivity index (χ3n) is 4.09. The number of ether oxygens (including phenoxy) is 1. The molecule has 0 bridgehead atoms. The van der Waals surface area contributed by atoms with E-state index < -0.39 is 10.0 Å². The van der Waals surface area contributed by atoms with Crippen molar-refractivity contribution in [2.75, 3.05) is 37.3 Å². The lowest BCUT2D eigenvalue weighted by molar-refractivity contribution is 0.0300. The lowest BCUT2D eigenvalue weighted by Crippen LogP contribution is -2.40. The number of nitrogens with one attached hydrogen (secondary N) is 1. The molecule has 1 aliphatic heterocycles. The topological polar surface area (TPSA) is 75.7 Å². The number of carbonyl (C=O) groups excluding carboxylic acids is 1. The van der Waals surface area contributed by atoms with E-state index in [9.17, 15) is 13.2 Å². The van der Waals surface area contributed by atoms with Gasteiger partial charge < -0.3 is 9.64 Å². The van der Waals surface area contributed by atoms with Gasteiger partial charge in [-0.15, -0.1) is 11.8 Å². The van der Waals surface area contributed by atoms with E-state index in [1.54, 1.807) is 29.2 Å². The number of nitrogens with zero attached hydrogens (tertiary/aromatic N) is 1. The normalized spacial score (nSPS) is 14.8. The van der Waals surface area contributed by atoms with Crippen LogP contribution in [0, 0.1) is 0 Å². The number of rotatable bonds is 5. The highest BCUT2D eigenvalue weighted by molar-refractivity contribution is 7.98. The maximum Gasteiger partial charge on any atom is 0.261 e. The smallest absolute Gasteiger partial charge is 0.261 e. The second-order valence-electron chi connectivity index (χ2n) is 5.88. The molecule has 3 rings (SSSR count). The van der Waals surface area contributed by atoms with Gasteiger partial charge in [-0.25, -0.2) is 8.42 Å². The lowest BCUT2D eigenvalue weighted by Gasteiger charge is -2.27. The van der Waals surface area contributed by atoms with Gasteiger partial charge in [0.1, 0.15) is 0 Å². The Balaban J connectivity index is 1.92. The van der Waals surface area contributed by atoms with E-state index in [0.717, 1.165) is 4.90 Å². The number of hydrogen-bond acceptors (Lipinski definition) is 5. The van der Waals surface area contributed by atoms with E-state index in [4.69, 9.17) is 16.3 Å². The molecule has 27 heavy (non-hydrogen) atoms. The molecule has 0 spiro atoms. The van der Waals surface area contributed by atoms with Crippen LogP contribution in [-0.4, -0.2) is 51.8 Å². The molecule has 1 heterocycles. The molecule has 1 amide bonds. The Bertz CT molecular complexity index is 944. The van der Waals surface area contributed by atoms with Crippen molar-refractivity contribution in [3.63, 3.8) is 0 Å². The molecule has 0 saturated carbocycles. The van der Waals surface area contributed by atoms with Gasteiger partial charge in [0.2, 0.25) is 0 Å². The Morgan fingerprint density at radius 3 is 2.59 bits per heavy atom. The molecule has 0 atom stereocenters. The first-order valence-electron chi connectivity index (χ1n) is 8.24. The number of anilines is 1. The minimum absolute atomic E-state index is 0.0249. The second kappa shape index (κ2) is 8.52. The molecule has 9 heteroatoms. The van der Waals surface area contributed by atoms with Crippen LogP contribution in [0.2, 0.25) is 5.02 Å². The summed E-state index contributed by atoms with van der Waals surface area (Å²) in [4.78, 5) is 15.3. The predicted octanol–water partition coefficient (Wildman–Crippen LogP) is 3.34. The molecule has 0 radical (unpaired) electrons. The van der Waals surface area contributed by atoms with E-state index in [1.807, 2.05) is 6.26 Å². The van der Waals surface area contributed by atoms with Crippen LogP contribution in [-0.2, 0) is 14.8 Å². The number of hydrogen-bond donors (Lipinski definition) is 1. The fraction of sp³-hybridized carbons (Fsp3) is 0.278. The highest BCUT2D eigenvalue weighted by Gasteiger charge is 2.24. The van der Waals surface area contributed by atoms with Crippen molar-refractivity contribution in [1.82, 2.24) is 4.90 Å². The summed E-state index contributed by atoms with van der Waals surface area (Å²) in [6.07, 6.45) is 1.85. The van der Waals surface area contributed by atoms with Crippen LogP contribution in [0.5, 0.6) is 0 Å². The van der Waals surface area contributed by atoms with Crippen molar-refractivity contribution in [2.45, 2.75) is 9.79 Å². The summed E-state index contributed by atoms with van der Waals surface area (Å²) in [6.45, 7) is 1.94. The van der Waals surface area contributed by atoms with Crippen molar-refractivity contribution >= 4 is 45.0 Å². The second-order valence-corrected chi connectivity index (χ2v) is 8.85. The fourth-order valence-electron chi connectivity index (χ4n) is 2.72. The summed E-state index contributed by atoms with van der Waals surface area (Å²) in [5.41, 5.74) is 0.732. The molecule has 2 aromatic carbocycles. The van der Waals surface area contributed by atoms with Crippen molar-refractivity contribution in [2.24, 2.45) is 0 Å². The third kappa shape index (κ3) is 4.76. The average molecular weight is 427 g/mol. The number of amides is 1. The minimum Gasteiger partial charge on any atom is -0.378 e. The Morgan fingerprint density at radius 1 is 1.19 bits per heavy atom. The van der Waals surface area contributed by atoms with Gasteiger partial charge in [-0.1, -0.05) is 17.7 Å². The van der Waals surface area contributed by atoms with Crippen LogP contribution in [0.15, 0.2) is 52.3 Å². The molecule has 0 aliphatic carbocycles. The van der Waals surface area contributed by atoms with Crippen molar-refractivity contribution in [3.05, 3.63) is 53.1 Å². The van der Waals surface area contributed by atoms with Gasteiger partial charge in [-0.3, -0.25) is 9.52 Å². The molecule has 1 fully saturated rings. The lowest BCUT2D eigenvalue weighted by atomic mass is 10.2. The summed E-state index contributed by atoms with van der Waals surface area (Å²) in [5.74, 6) is -0.192. The van der Waals surface area contributed by atoms with Gasteiger partial charge >= 0.3 is 0 Å². The van der Waals surface area contributed by atoms with Gasteiger partial charge in [-0.2, -0.15) is 0 Å². The zero-order chi connectivity index (χ0) is 19.4. The number of sulfonamides is 1. The van der Waals surface area contributed by atoms with Crippen molar-refractivity contribution in [3.8, 4) is 0 Å². The number of carbonyl (C=O) groups is 1. The summed E-state index contributed by atoms with van der Waals surface area (Å²) in [7, 11) is -3.86. The Morgan fingerprint density at radius 2 is 1.93 bits per heavy atom. The summed E-state index contributed by atoms with van der Waals surface area (Å²) in [5, 5.41) is 0.427. The minimum atomic E-state index is -3.86. The molecule has 1 saturated heterocycles. The SMILES string of the molecule is CSc1ccc(S(=O)(=O)Nc2cccc(Cl)c2)cc1C(=O)N1CCOCC1. The molecule has 0 unspecified atom stereocenters. The summed E-state index contributed by atoms with van der Waals surface area (Å²) >= 11 is 7.32. The highest BCUT2D eigenvalue weighted by atomic mass is 35.5. The standard InChI is InChI=1S/C18H19ClN2O4S2/c1-26-17-6-5-15(12-16(17)18(22)21-7-9-25-10-8-21)27(23,24)20-14-4-2-3-13(19)11-14/h2-6,11-12,20H,7-10H2,1H3. The third-order valence-corrected chi connectivity index (χ3v) is 6.50. The largest absolute Gasteiger partial charge is 0.378 e. The maximum atomic E-state index is 12.9. The summed E-state index contributed by atoms with van der Waals surface area (Å²) in [6, 6.07) is 11.0. The Hall–Kier alpha value is -1.74. The first kappa shape index (κ1) is 20.0. The monoisotopic (exact) mass is 426 g/mol. The van der Waals surface area contributed by atoms with Gasteiger partial charge in [-0.05, 0) is 42.7 Å². The number of benzene rings is 2. The van der Waals surface area contributed by atoms with E-state index in [-0.39, 0.29) is 10.8 Å². The fourth-order valence-corrected chi connectivity index (χ4v) is 4.56. The zero-order valence-electron chi connectivity index (χ0n) is 14.6. The molecular weight excluding hydrogens is 408 g/mol.